The van der Waals surface area contributed by atoms with Crippen LogP contribution in [0.1, 0.15) is 43.0 Å². The number of ether oxygens (including phenoxy) is 1. The van der Waals surface area contributed by atoms with Gasteiger partial charge in [-0.25, -0.2) is 9.78 Å². The molecule has 0 saturated carbocycles. The van der Waals surface area contributed by atoms with Crippen molar-refractivity contribution in [1.29, 1.82) is 0 Å². The van der Waals surface area contributed by atoms with Crippen LogP contribution in [-0.2, 0) is 4.74 Å². The Hall–Kier alpha value is -2.63. The summed E-state index contributed by atoms with van der Waals surface area (Å²) in [6, 6.07) is 9.59. The Bertz CT molecular complexity index is 718. The highest BCUT2D eigenvalue weighted by atomic mass is 16.5. The molecule has 1 N–H and O–H groups in total. The van der Waals surface area contributed by atoms with Gasteiger partial charge in [0, 0.05) is 24.5 Å². The van der Waals surface area contributed by atoms with Gasteiger partial charge in [0.2, 0.25) is 5.95 Å². The van der Waals surface area contributed by atoms with Gasteiger partial charge < -0.3 is 15.0 Å². The number of esters is 1. The molecular weight excluding hydrogens is 316 g/mol. The van der Waals surface area contributed by atoms with Gasteiger partial charge in [-0.05, 0) is 56.0 Å². The van der Waals surface area contributed by atoms with E-state index in [0.717, 1.165) is 24.5 Å². The molecule has 1 atom stereocenters. The van der Waals surface area contributed by atoms with E-state index >= 15 is 0 Å². The molecule has 0 radical (unpaired) electrons. The number of carbonyl (C=O) groups is 1. The van der Waals surface area contributed by atoms with E-state index in [0.29, 0.717) is 17.6 Å². The van der Waals surface area contributed by atoms with E-state index < -0.39 is 0 Å². The van der Waals surface area contributed by atoms with Gasteiger partial charge in [-0.2, -0.15) is 4.98 Å². The maximum Gasteiger partial charge on any atom is 0.337 e. The molecule has 6 nitrogen and oxygen atoms in total. The zero-order chi connectivity index (χ0) is 17.6. The van der Waals surface area contributed by atoms with Gasteiger partial charge in [0.15, 0.2) is 0 Å². The van der Waals surface area contributed by atoms with Gasteiger partial charge in [0.05, 0.1) is 12.7 Å². The van der Waals surface area contributed by atoms with Gasteiger partial charge in [-0.1, -0.05) is 6.92 Å². The summed E-state index contributed by atoms with van der Waals surface area (Å²) in [7, 11) is 1.37. The highest BCUT2D eigenvalue weighted by Crippen LogP contribution is 2.26. The molecule has 25 heavy (non-hydrogen) atoms. The number of hydrogen-bond donors (Lipinski definition) is 1. The van der Waals surface area contributed by atoms with E-state index in [9.17, 15) is 4.79 Å². The first kappa shape index (κ1) is 17.2. The Kier molecular flexibility index (Phi) is 5.48. The summed E-state index contributed by atoms with van der Waals surface area (Å²) in [5.74, 6) is 1.18. The van der Waals surface area contributed by atoms with Crippen molar-refractivity contribution in [2.75, 3.05) is 23.9 Å². The lowest BCUT2D eigenvalue weighted by molar-refractivity contribution is 0.0601. The molecule has 1 fully saturated rings. The van der Waals surface area contributed by atoms with Gasteiger partial charge in [0.25, 0.3) is 0 Å². The molecule has 1 aromatic heterocycles. The molecule has 6 heteroatoms. The van der Waals surface area contributed by atoms with Crippen LogP contribution in [-0.4, -0.2) is 35.6 Å². The molecular formula is C19H24N4O2. The number of rotatable bonds is 5. The van der Waals surface area contributed by atoms with E-state index in [1.54, 1.807) is 18.3 Å². The van der Waals surface area contributed by atoms with Crippen LogP contribution in [0.3, 0.4) is 0 Å². The second-order valence-electron chi connectivity index (χ2n) is 6.18. The number of nitrogens with zero attached hydrogens (tertiary/aromatic N) is 3. The number of carbonyl (C=O) groups excluding carboxylic acids is 1. The molecule has 0 aliphatic carbocycles. The minimum absolute atomic E-state index is 0.347. The smallest absolute Gasteiger partial charge is 0.337 e. The molecule has 1 unspecified atom stereocenters. The lowest BCUT2D eigenvalue weighted by Crippen LogP contribution is -2.39. The minimum Gasteiger partial charge on any atom is -0.465 e. The van der Waals surface area contributed by atoms with Crippen molar-refractivity contribution >= 4 is 23.4 Å². The average molecular weight is 340 g/mol. The Balaban J connectivity index is 1.74. The van der Waals surface area contributed by atoms with Crippen LogP contribution in [0.5, 0.6) is 0 Å². The predicted octanol–water partition coefficient (Wildman–Crippen LogP) is 3.78. The lowest BCUT2D eigenvalue weighted by Gasteiger charge is -2.36. The SMILES string of the molecule is CCC1CCCCN1c1ccnc(Nc2ccc(C(=O)OC)cc2)n1. The molecule has 0 spiro atoms. The third-order valence-electron chi connectivity index (χ3n) is 4.60. The molecule has 2 aromatic rings. The number of piperidine rings is 1. The summed E-state index contributed by atoms with van der Waals surface area (Å²) in [4.78, 5) is 22.9. The van der Waals surface area contributed by atoms with E-state index in [2.05, 4.69) is 27.1 Å². The molecule has 2 heterocycles. The Labute approximate surface area is 148 Å². The number of nitrogens with one attached hydrogen (secondary N) is 1. The Morgan fingerprint density at radius 2 is 2.08 bits per heavy atom. The van der Waals surface area contributed by atoms with Crippen LogP contribution in [0.4, 0.5) is 17.5 Å². The van der Waals surface area contributed by atoms with Crippen molar-refractivity contribution in [3.05, 3.63) is 42.1 Å². The first-order valence-electron chi connectivity index (χ1n) is 8.76. The van der Waals surface area contributed by atoms with Crippen molar-refractivity contribution < 1.29 is 9.53 Å². The number of benzene rings is 1. The number of methoxy groups -OCH3 is 1. The molecule has 132 valence electrons. The molecule has 1 aliphatic rings. The average Bonchev–Trinajstić information content (AvgIpc) is 2.68. The third-order valence-corrected chi connectivity index (χ3v) is 4.60. The first-order chi connectivity index (χ1) is 12.2. The standard InChI is InChI=1S/C19H24N4O2/c1-3-16-6-4-5-13-23(16)17-11-12-20-19(22-17)21-15-9-7-14(8-10-15)18(24)25-2/h7-12,16H,3-6,13H2,1-2H3,(H,20,21,22). The molecule has 0 amide bonds. The Morgan fingerprint density at radius 3 is 2.80 bits per heavy atom. The normalized spacial score (nSPS) is 17.2. The van der Waals surface area contributed by atoms with Crippen LogP contribution in [0.25, 0.3) is 0 Å². The highest BCUT2D eigenvalue weighted by molar-refractivity contribution is 5.89. The van der Waals surface area contributed by atoms with Crippen molar-refractivity contribution in [3.8, 4) is 0 Å². The highest BCUT2D eigenvalue weighted by Gasteiger charge is 2.22. The van der Waals surface area contributed by atoms with Crippen molar-refractivity contribution in [1.82, 2.24) is 9.97 Å². The summed E-state index contributed by atoms with van der Waals surface area (Å²) in [5, 5.41) is 3.20. The van der Waals surface area contributed by atoms with E-state index in [1.165, 1.54) is 26.4 Å². The van der Waals surface area contributed by atoms with Crippen LogP contribution in [0.15, 0.2) is 36.5 Å². The second kappa shape index (κ2) is 7.96. The largest absolute Gasteiger partial charge is 0.465 e. The molecule has 1 saturated heterocycles. The maximum atomic E-state index is 11.5. The van der Waals surface area contributed by atoms with Crippen LogP contribution in [0.2, 0.25) is 0 Å². The van der Waals surface area contributed by atoms with Gasteiger partial charge >= 0.3 is 5.97 Å². The second-order valence-corrected chi connectivity index (χ2v) is 6.18. The summed E-state index contributed by atoms with van der Waals surface area (Å²) < 4.78 is 4.71. The van der Waals surface area contributed by atoms with E-state index in [-0.39, 0.29) is 5.97 Å². The van der Waals surface area contributed by atoms with E-state index in [4.69, 9.17) is 4.74 Å². The first-order valence-corrected chi connectivity index (χ1v) is 8.76. The lowest BCUT2D eigenvalue weighted by atomic mass is 10.0. The molecule has 1 aliphatic heterocycles. The molecule has 1 aromatic carbocycles. The summed E-state index contributed by atoms with van der Waals surface area (Å²) in [6.45, 7) is 3.27. The van der Waals surface area contributed by atoms with Crippen molar-refractivity contribution in [2.24, 2.45) is 0 Å². The van der Waals surface area contributed by atoms with Gasteiger partial charge in [-0.3, -0.25) is 0 Å². The quantitative estimate of drug-likeness (QED) is 0.836. The molecule has 0 bridgehead atoms. The van der Waals surface area contributed by atoms with Crippen LogP contribution < -0.4 is 10.2 Å². The van der Waals surface area contributed by atoms with Crippen LogP contribution >= 0.6 is 0 Å². The fourth-order valence-electron chi connectivity index (χ4n) is 3.23. The predicted molar refractivity (Wildman–Crippen MR) is 98.4 cm³/mol. The maximum absolute atomic E-state index is 11.5. The van der Waals surface area contributed by atoms with Crippen molar-refractivity contribution in [3.63, 3.8) is 0 Å². The van der Waals surface area contributed by atoms with Gasteiger partial charge in [0.1, 0.15) is 5.82 Å². The molecule has 3 rings (SSSR count). The summed E-state index contributed by atoms with van der Waals surface area (Å²) in [5.41, 5.74) is 1.34. The monoisotopic (exact) mass is 340 g/mol. The zero-order valence-corrected chi connectivity index (χ0v) is 14.7. The number of aromatic nitrogens is 2. The minimum atomic E-state index is -0.347. The van der Waals surface area contributed by atoms with Crippen molar-refractivity contribution in [2.45, 2.75) is 38.6 Å². The summed E-state index contributed by atoms with van der Waals surface area (Å²) in [6.07, 6.45) is 6.63. The number of hydrogen-bond acceptors (Lipinski definition) is 6. The van der Waals surface area contributed by atoms with Gasteiger partial charge in [-0.15, -0.1) is 0 Å². The van der Waals surface area contributed by atoms with Crippen LogP contribution in [0, 0.1) is 0 Å². The number of anilines is 3. The van der Waals surface area contributed by atoms with E-state index in [1.807, 2.05) is 18.2 Å². The Morgan fingerprint density at radius 1 is 1.28 bits per heavy atom. The summed E-state index contributed by atoms with van der Waals surface area (Å²) >= 11 is 0. The zero-order valence-electron chi connectivity index (χ0n) is 14.7. The fourth-order valence-corrected chi connectivity index (χ4v) is 3.23. The third kappa shape index (κ3) is 4.07. The fraction of sp³-hybridized carbons (Fsp3) is 0.421. The topological polar surface area (TPSA) is 67.4 Å².